The molecular weight excluding hydrogens is 316 g/mol. The number of amides is 1. The molecule has 25 heavy (non-hydrogen) atoms. The van der Waals surface area contributed by atoms with Crippen LogP contribution < -0.4 is 15.4 Å². The van der Waals surface area contributed by atoms with Gasteiger partial charge in [-0.25, -0.2) is 9.97 Å². The summed E-state index contributed by atoms with van der Waals surface area (Å²) in [6, 6.07) is 16.9. The van der Waals surface area contributed by atoms with Crippen molar-refractivity contribution in [3.8, 4) is 5.75 Å². The molecule has 0 fully saturated rings. The molecule has 126 valence electrons. The number of nitrogens with one attached hydrogen (secondary N) is 2. The zero-order chi connectivity index (χ0) is 17.5. The Labute approximate surface area is 145 Å². The molecule has 0 saturated heterocycles. The van der Waals surface area contributed by atoms with E-state index in [1.807, 2.05) is 49.4 Å². The number of hydrogen-bond acceptors (Lipinski definition) is 5. The first kappa shape index (κ1) is 16.4. The van der Waals surface area contributed by atoms with Crippen LogP contribution in [-0.2, 0) is 0 Å². The van der Waals surface area contributed by atoms with Crippen molar-refractivity contribution in [1.82, 2.24) is 9.97 Å². The molecule has 3 rings (SSSR count). The molecule has 1 amide bonds. The molecule has 0 saturated carbocycles. The third-order valence-corrected chi connectivity index (χ3v) is 3.37. The monoisotopic (exact) mass is 334 g/mol. The van der Waals surface area contributed by atoms with Gasteiger partial charge in [0.25, 0.3) is 5.91 Å². The van der Waals surface area contributed by atoms with Crippen LogP contribution >= 0.6 is 0 Å². The van der Waals surface area contributed by atoms with Crippen molar-refractivity contribution >= 4 is 23.1 Å². The molecule has 0 unspecified atom stereocenters. The van der Waals surface area contributed by atoms with E-state index < -0.39 is 0 Å². The summed E-state index contributed by atoms with van der Waals surface area (Å²) in [6.07, 6.45) is 2.96. The van der Waals surface area contributed by atoms with E-state index in [-0.39, 0.29) is 11.6 Å². The van der Waals surface area contributed by atoms with Gasteiger partial charge in [0.05, 0.1) is 24.7 Å². The summed E-state index contributed by atoms with van der Waals surface area (Å²) < 4.78 is 5.50. The second kappa shape index (κ2) is 7.92. The van der Waals surface area contributed by atoms with Crippen molar-refractivity contribution in [3.63, 3.8) is 0 Å². The van der Waals surface area contributed by atoms with Crippen LogP contribution in [0.1, 0.15) is 17.4 Å². The molecule has 3 aromatic rings. The highest BCUT2D eigenvalue weighted by molar-refractivity contribution is 6.03. The number of ether oxygens (including phenoxy) is 1. The van der Waals surface area contributed by atoms with Gasteiger partial charge >= 0.3 is 0 Å². The lowest BCUT2D eigenvalue weighted by Crippen LogP contribution is -2.15. The number of benzene rings is 2. The lowest BCUT2D eigenvalue weighted by Gasteiger charge is -2.11. The van der Waals surface area contributed by atoms with Gasteiger partial charge in [0, 0.05) is 5.69 Å². The van der Waals surface area contributed by atoms with Gasteiger partial charge in [0.1, 0.15) is 17.3 Å². The second-order valence-corrected chi connectivity index (χ2v) is 5.16. The Hall–Kier alpha value is -3.41. The van der Waals surface area contributed by atoms with Gasteiger partial charge in [-0.2, -0.15) is 0 Å². The minimum atomic E-state index is -0.342. The number of rotatable bonds is 6. The minimum Gasteiger partial charge on any atom is -0.492 e. The molecule has 1 aromatic heterocycles. The lowest BCUT2D eigenvalue weighted by molar-refractivity contribution is 0.102. The van der Waals surface area contributed by atoms with Crippen molar-refractivity contribution in [2.45, 2.75) is 6.92 Å². The van der Waals surface area contributed by atoms with E-state index in [9.17, 15) is 4.79 Å². The van der Waals surface area contributed by atoms with Crippen LogP contribution in [0.4, 0.5) is 17.2 Å². The molecule has 0 aliphatic heterocycles. The predicted molar refractivity (Wildman–Crippen MR) is 97.3 cm³/mol. The van der Waals surface area contributed by atoms with Crippen LogP contribution in [0, 0.1) is 0 Å². The SMILES string of the molecule is CCOc1ccccc1NC(=O)c1cnc(Nc2ccccc2)cn1. The quantitative estimate of drug-likeness (QED) is 0.715. The summed E-state index contributed by atoms with van der Waals surface area (Å²) in [4.78, 5) is 20.7. The molecule has 1 heterocycles. The van der Waals surface area contributed by atoms with Gasteiger partial charge in [-0.05, 0) is 31.2 Å². The summed E-state index contributed by atoms with van der Waals surface area (Å²) in [5, 5.41) is 5.91. The molecule has 0 aliphatic carbocycles. The van der Waals surface area contributed by atoms with E-state index in [2.05, 4.69) is 20.6 Å². The van der Waals surface area contributed by atoms with Gasteiger partial charge in [0.2, 0.25) is 0 Å². The van der Waals surface area contributed by atoms with E-state index in [1.54, 1.807) is 12.1 Å². The fraction of sp³-hybridized carbons (Fsp3) is 0.105. The van der Waals surface area contributed by atoms with Crippen LogP contribution in [0.2, 0.25) is 0 Å². The second-order valence-electron chi connectivity index (χ2n) is 5.16. The Morgan fingerprint density at radius 2 is 1.76 bits per heavy atom. The third-order valence-electron chi connectivity index (χ3n) is 3.37. The molecule has 6 heteroatoms. The first-order valence-electron chi connectivity index (χ1n) is 7.93. The Morgan fingerprint density at radius 1 is 1.00 bits per heavy atom. The summed E-state index contributed by atoms with van der Waals surface area (Å²) >= 11 is 0. The largest absolute Gasteiger partial charge is 0.492 e. The summed E-state index contributed by atoms with van der Waals surface area (Å²) in [6.45, 7) is 2.41. The molecule has 0 spiro atoms. The number of carbonyl (C=O) groups is 1. The molecule has 2 aromatic carbocycles. The van der Waals surface area contributed by atoms with E-state index in [4.69, 9.17) is 4.74 Å². The number of nitrogens with zero attached hydrogens (tertiary/aromatic N) is 2. The summed E-state index contributed by atoms with van der Waals surface area (Å²) in [7, 11) is 0. The highest BCUT2D eigenvalue weighted by Gasteiger charge is 2.11. The number of para-hydroxylation sites is 3. The number of hydrogen-bond donors (Lipinski definition) is 2. The van der Waals surface area contributed by atoms with Crippen molar-refractivity contribution in [2.24, 2.45) is 0 Å². The molecule has 0 aliphatic rings. The average Bonchev–Trinajstić information content (AvgIpc) is 2.65. The molecule has 0 atom stereocenters. The van der Waals surface area contributed by atoms with Gasteiger partial charge in [-0.1, -0.05) is 30.3 Å². The first-order chi connectivity index (χ1) is 12.3. The normalized spacial score (nSPS) is 10.1. The Morgan fingerprint density at radius 3 is 2.48 bits per heavy atom. The lowest BCUT2D eigenvalue weighted by atomic mass is 10.3. The van der Waals surface area contributed by atoms with Gasteiger partial charge in [-0.15, -0.1) is 0 Å². The fourth-order valence-electron chi connectivity index (χ4n) is 2.22. The maximum atomic E-state index is 12.4. The summed E-state index contributed by atoms with van der Waals surface area (Å²) in [5.41, 5.74) is 1.73. The van der Waals surface area contributed by atoms with Crippen molar-refractivity contribution in [3.05, 3.63) is 72.7 Å². The molecule has 0 bridgehead atoms. The summed E-state index contributed by atoms with van der Waals surface area (Å²) in [5.74, 6) is 0.844. The van der Waals surface area contributed by atoms with Gasteiger partial charge in [-0.3, -0.25) is 4.79 Å². The van der Waals surface area contributed by atoms with Crippen LogP contribution in [0.15, 0.2) is 67.0 Å². The Balaban J connectivity index is 1.69. The topological polar surface area (TPSA) is 76.1 Å². The highest BCUT2D eigenvalue weighted by Crippen LogP contribution is 2.24. The van der Waals surface area contributed by atoms with Crippen molar-refractivity contribution in [1.29, 1.82) is 0 Å². The number of aromatic nitrogens is 2. The zero-order valence-electron chi connectivity index (χ0n) is 13.8. The van der Waals surface area contributed by atoms with Crippen molar-refractivity contribution in [2.75, 3.05) is 17.2 Å². The molecular formula is C19H18N4O2. The smallest absolute Gasteiger partial charge is 0.275 e. The van der Waals surface area contributed by atoms with Gasteiger partial charge in [0.15, 0.2) is 0 Å². The van der Waals surface area contributed by atoms with Crippen molar-refractivity contribution < 1.29 is 9.53 Å². The molecule has 0 radical (unpaired) electrons. The first-order valence-corrected chi connectivity index (χ1v) is 7.93. The van der Waals surface area contributed by atoms with E-state index >= 15 is 0 Å². The predicted octanol–water partition coefficient (Wildman–Crippen LogP) is 3.87. The van der Waals surface area contributed by atoms with Crippen LogP contribution in [-0.4, -0.2) is 22.5 Å². The highest BCUT2D eigenvalue weighted by atomic mass is 16.5. The molecule has 2 N–H and O–H groups in total. The molecule has 6 nitrogen and oxygen atoms in total. The number of carbonyl (C=O) groups excluding carboxylic acids is 1. The Bertz CT molecular complexity index is 836. The van der Waals surface area contributed by atoms with E-state index in [0.29, 0.717) is 23.9 Å². The maximum absolute atomic E-state index is 12.4. The standard InChI is InChI=1S/C19H18N4O2/c1-2-25-17-11-7-6-10-15(17)23-19(24)16-12-21-18(13-20-16)22-14-8-4-3-5-9-14/h3-13H,2H2,1H3,(H,21,22)(H,23,24). The zero-order valence-corrected chi connectivity index (χ0v) is 13.8. The fourth-order valence-corrected chi connectivity index (χ4v) is 2.22. The maximum Gasteiger partial charge on any atom is 0.275 e. The van der Waals surface area contributed by atoms with E-state index in [0.717, 1.165) is 5.69 Å². The van der Waals surface area contributed by atoms with E-state index in [1.165, 1.54) is 12.4 Å². The third kappa shape index (κ3) is 4.32. The van der Waals surface area contributed by atoms with Crippen LogP contribution in [0.5, 0.6) is 5.75 Å². The Kier molecular flexibility index (Phi) is 5.21. The number of anilines is 3. The van der Waals surface area contributed by atoms with Crippen LogP contribution in [0.25, 0.3) is 0 Å². The van der Waals surface area contributed by atoms with Gasteiger partial charge < -0.3 is 15.4 Å². The minimum absolute atomic E-state index is 0.227. The average molecular weight is 334 g/mol. The van der Waals surface area contributed by atoms with Crippen LogP contribution in [0.3, 0.4) is 0 Å².